The Morgan fingerprint density at radius 2 is 1.87 bits per heavy atom. The van der Waals surface area contributed by atoms with E-state index in [-0.39, 0.29) is 23.6 Å². The summed E-state index contributed by atoms with van der Waals surface area (Å²) < 4.78 is 55.6. The Morgan fingerprint density at radius 3 is 2.66 bits per heavy atom. The molecular weight excluding hydrogens is 501 g/mol. The quantitative estimate of drug-likeness (QED) is 0.296. The summed E-state index contributed by atoms with van der Waals surface area (Å²) in [6.45, 7) is -1.36. The molecule has 0 aliphatic heterocycles. The van der Waals surface area contributed by atoms with Crippen LogP contribution in [0.25, 0.3) is 27.8 Å². The Morgan fingerprint density at radius 1 is 1.00 bits per heavy atom. The molecule has 12 heteroatoms. The zero-order chi connectivity index (χ0) is 26.4. The van der Waals surface area contributed by atoms with Crippen molar-refractivity contribution in [3.63, 3.8) is 0 Å². The number of rotatable bonds is 7. The van der Waals surface area contributed by atoms with Gasteiger partial charge in [-0.25, -0.2) is 14.5 Å². The van der Waals surface area contributed by atoms with Gasteiger partial charge in [-0.3, -0.25) is 4.98 Å². The van der Waals surface area contributed by atoms with Crippen molar-refractivity contribution in [2.45, 2.75) is 24.4 Å². The normalized spacial score (nSPS) is 17.1. The molecular formula is C26H21F3N6O3. The monoisotopic (exact) mass is 522 g/mol. The van der Waals surface area contributed by atoms with Crippen LogP contribution in [0.3, 0.4) is 0 Å². The third kappa shape index (κ3) is 4.42. The molecule has 0 amide bonds. The lowest BCUT2D eigenvalue weighted by Gasteiger charge is -2.12. The lowest BCUT2D eigenvalue weighted by Crippen LogP contribution is -2.19. The van der Waals surface area contributed by atoms with E-state index < -0.39 is 12.8 Å². The van der Waals surface area contributed by atoms with Crippen LogP contribution in [0.15, 0.2) is 55.1 Å². The summed E-state index contributed by atoms with van der Waals surface area (Å²) in [6.07, 6.45) is 2.90. The number of halogens is 3. The topological polar surface area (TPSA) is 96.6 Å². The number of nitrogens with zero attached hydrogens (tertiary/aromatic N) is 6. The van der Waals surface area contributed by atoms with Crippen LogP contribution in [0.5, 0.6) is 17.6 Å². The Bertz CT molecular complexity index is 1660. The van der Waals surface area contributed by atoms with Crippen LogP contribution in [-0.2, 0) is 0 Å². The molecule has 1 saturated carbocycles. The van der Waals surface area contributed by atoms with Crippen molar-refractivity contribution in [3.8, 4) is 28.9 Å². The minimum atomic E-state index is -4.43. The number of fused-ring (bicyclic) bond motifs is 2. The first kappa shape index (κ1) is 23.9. The van der Waals surface area contributed by atoms with Crippen LogP contribution < -0.4 is 14.2 Å². The smallest absolute Gasteiger partial charge is 0.422 e. The second-order valence-corrected chi connectivity index (χ2v) is 8.90. The molecule has 38 heavy (non-hydrogen) atoms. The fourth-order valence-corrected chi connectivity index (χ4v) is 4.69. The molecule has 1 aliphatic rings. The van der Waals surface area contributed by atoms with Crippen molar-refractivity contribution < 1.29 is 27.4 Å². The molecule has 4 aromatic heterocycles. The van der Waals surface area contributed by atoms with Gasteiger partial charge in [0.05, 0.1) is 31.0 Å². The van der Waals surface area contributed by atoms with Crippen molar-refractivity contribution in [2.75, 3.05) is 20.8 Å². The van der Waals surface area contributed by atoms with Crippen LogP contribution in [0.1, 0.15) is 29.4 Å². The van der Waals surface area contributed by atoms with Gasteiger partial charge in [0.2, 0.25) is 5.88 Å². The number of pyridine rings is 1. The first-order valence-electron chi connectivity index (χ1n) is 11.7. The summed E-state index contributed by atoms with van der Waals surface area (Å²) in [5.41, 5.74) is 4.49. The summed E-state index contributed by atoms with van der Waals surface area (Å²) in [5.74, 6) is 0.746. The predicted molar refractivity (Wildman–Crippen MR) is 131 cm³/mol. The van der Waals surface area contributed by atoms with Crippen molar-refractivity contribution in [1.29, 1.82) is 0 Å². The lowest BCUT2D eigenvalue weighted by molar-refractivity contribution is -0.153. The fraction of sp³-hybridized carbons (Fsp3) is 0.269. The first-order valence-corrected chi connectivity index (χ1v) is 11.7. The predicted octanol–water partition coefficient (Wildman–Crippen LogP) is 4.96. The van der Waals surface area contributed by atoms with Gasteiger partial charge in [-0.15, -0.1) is 0 Å². The molecule has 0 bridgehead atoms. The molecule has 0 unspecified atom stereocenters. The highest BCUT2D eigenvalue weighted by molar-refractivity contribution is 5.85. The van der Waals surface area contributed by atoms with E-state index in [0.717, 1.165) is 23.2 Å². The zero-order valence-electron chi connectivity index (χ0n) is 20.3. The molecule has 2 atom stereocenters. The molecule has 0 spiro atoms. The fourth-order valence-electron chi connectivity index (χ4n) is 4.69. The summed E-state index contributed by atoms with van der Waals surface area (Å²) in [5, 5.41) is 5.21. The van der Waals surface area contributed by atoms with Gasteiger partial charge in [0.15, 0.2) is 12.3 Å². The van der Waals surface area contributed by atoms with Crippen molar-refractivity contribution >= 4 is 16.6 Å². The summed E-state index contributed by atoms with van der Waals surface area (Å²) >= 11 is 0. The maximum absolute atomic E-state index is 12.8. The van der Waals surface area contributed by atoms with E-state index in [0.29, 0.717) is 28.0 Å². The minimum Gasteiger partial charge on any atom is -0.483 e. The van der Waals surface area contributed by atoms with E-state index >= 15 is 0 Å². The van der Waals surface area contributed by atoms with E-state index in [1.54, 1.807) is 23.1 Å². The molecule has 1 aliphatic carbocycles. The van der Waals surface area contributed by atoms with Gasteiger partial charge in [-0.05, 0) is 48.1 Å². The highest BCUT2D eigenvalue weighted by Crippen LogP contribution is 2.56. The summed E-state index contributed by atoms with van der Waals surface area (Å²) in [6, 6.07) is 9.23. The lowest BCUT2D eigenvalue weighted by atomic mass is 10.0. The Labute approximate surface area is 214 Å². The maximum atomic E-state index is 12.8. The van der Waals surface area contributed by atoms with Gasteiger partial charge in [0, 0.05) is 35.7 Å². The highest BCUT2D eigenvalue weighted by atomic mass is 19.4. The second-order valence-electron chi connectivity index (χ2n) is 8.90. The Balaban J connectivity index is 1.36. The molecule has 6 rings (SSSR count). The largest absolute Gasteiger partial charge is 0.483 e. The van der Waals surface area contributed by atoms with Crippen LogP contribution in [0.2, 0.25) is 0 Å². The first-order chi connectivity index (χ1) is 18.3. The molecule has 0 N–H and O–H groups in total. The molecule has 0 saturated heterocycles. The number of benzene rings is 1. The zero-order valence-corrected chi connectivity index (χ0v) is 20.3. The molecule has 1 aromatic carbocycles. The van der Waals surface area contributed by atoms with Gasteiger partial charge in [-0.2, -0.15) is 23.3 Å². The number of aromatic nitrogens is 6. The van der Waals surface area contributed by atoms with Crippen molar-refractivity contribution in [2.24, 2.45) is 0 Å². The number of methoxy groups -OCH3 is 2. The standard InChI is InChI=1S/C26H21F3N6O3/c1-36-24-19(12-32-25(33-24)37-2)21-11-17(23-31-7-8-35(23)34-21)16-10-15(16)14-3-4-20-18(9-14)22(5-6-30-20)38-13-26(27,28)29/h3-9,11-12,15-16H,10,13H2,1-2H3/t15-,16+/m1/s1. The average Bonchev–Trinajstić information content (AvgIpc) is 3.58. The maximum Gasteiger partial charge on any atom is 0.422 e. The third-order valence-electron chi connectivity index (χ3n) is 6.51. The number of alkyl halides is 3. The van der Waals surface area contributed by atoms with E-state index in [9.17, 15) is 13.2 Å². The number of imidazole rings is 1. The third-order valence-corrected chi connectivity index (χ3v) is 6.51. The van der Waals surface area contributed by atoms with Gasteiger partial charge >= 0.3 is 12.2 Å². The molecule has 194 valence electrons. The number of hydrogen-bond acceptors (Lipinski definition) is 8. The Hall–Kier alpha value is -4.48. The van der Waals surface area contributed by atoms with Gasteiger partial charge < -0.3 is 14.2 Å². The molecule has 5 aromatic rings. The van der Waals surface area contributed by atoms with Crippen LogP contribution in [0.4, 0.5) is 13.2 Å². The van der Waals surface area contributed by atoms with Crippen LogP contribution in [0, 0.1) is 0 Å². The second kappa shape index (κ2) is 9.12. The number of ether oxygens (including phenoxy) is 3. The SMILES string of the molecule is COc1ncc(-c2cc([C@H]3C[C@@H]3c3ccc4nccc(OCC(F)(F)F)c4c3)c3nccn3n2)c(OC)n1. The van der Waals surface area contributed by atoms with Gasteiger partial charge in [0.25, 0.3) is 0 Å². The van der Waals surface area contributed by atoms with Crippen LogP contribution in [-0.4, -0.2) is 56.6 Å². The molecule has 4 heterocycles. The van der Waals surface area contributed by atoms with Crippen LogP contribution >= 0.6 is 0 Å². The Kier molecular flexibility index (Phi) is 5.73. The molecule has 1 fully saturated rings. The van der Waals surface area contributed by atoms with Crippen molar-refractivity contribution in [1.82, 2.24) is 29.5 Å². The molecule has 0 radical (unpaired) electrons. The van der Waals surface area contributed by atoms with Gasteiger partial charge in [-0.1, -0.05) is 6.07 Å². The van der Waals surface area contributed by atoms with E-state index in [1.807, 2.05) is 24.3 Å². The highest BCUT2D eigenvalue weighted by Gasteiger charge is 2.41. The average molecular weight is 522 g/mol. The summed E-state index contributed by atoms with van der Waals surface area (Å²) in [7, 11) is 2.99. The molecule has 9 nitrogen and oxygen atoms in total. The minimum absolute atomic E-state index is 0.125. The summed E-state index contributed by atoms with van der Waals surface area (Å²) in [4.78, 5) is 17.3. The van der Waals surface area contributed by atoms with E-state index in [2.05, 4.69) is 25.0 Å². The van der Waals surface area contributed by atoms with Gasteiger partial charge in [0.1, 0.15) is 5.75 Å². The van der Waals surface area contributed by atoms with E-state index in [4.69, 9.17) is 14.2 Å². The van der Waals surface area contributed by atoms with E-state index in [1.165, 1.54) is 26.5 Å². The number of hydrogen-bond donors (Lipinski definition) is 0. The van der Waals surface area contributed by atoms with Crippen molar-refractivity contribution in [3.05, 3.63) is 66.2 Å².